The van der Waals surface area contributed by atoms with Crippen molar-refractivity contribution in [3.8, 4) is 0 Å². The second kappa shape index (κ2) is 7.78. The Balaban J connectivity index is 1.72. The Morgan fingerprint density at radius 3 is 2.43 bits per heavy atom. The molecule has 0 aromatic carbocycles. The number of carbonyl (C=O) groups is 3. The minimum absolute atomic E-state index is 0.0258. The van der Waals surface area contributed by atoms with Crippen molar-refractivity contribution in [2.45, 2.75) is 84.4 Å². The monoisotopic (exact) mass is 494 g/mol. The molecule has 0 bridgehead atoms. The quantitative estimate of drug-likeness (QED) is 0.583. The highest BCUT2D eigenvalue weighted by Gasteiger charge is 2.76. The summed E-state index contributed by atoms with van der Waals surface area (Å²) in [7, 11) is 0. The summed E-state index contributed by atoms with van der Waals surface area (Å²) in [5.74, 6) is -3.94. The zero-order valence-electron chi connectivity index (χ0n) is 21.2. The van der Waals surface area contributed by atoms with Gasteiger partial charge in [-0.1, -0.05) is 19.9 Å². The Hall–Kier alpha value is -1.93. The van der Waals surface area contributed by atoms with E-state index in [0.29, 0.717) is 0 Å². The fourth-order valence-electron chi connectivity index (χ4n) is 7.59. The first-order valence-electron chi connectivity index (χ1n) is 12.3. The first kappa shape index (κ1) is 26.1. The van der Waals surface area contributed by atoms with Crippen LogP contribution >= 0.6 is 0 Å². The molecule has 194 valence electrons. The van der Waals surface area contributed by atoms with Crippen LogP contribution in [-0.4, -0.2) is 57.9 Å². The van der Waals surface area contributed by atoms with Crippen LogP contribution in [0.25, 0.3) is 0 Å². The Morgan fingerprint density at radius 2 is 1.83 bits per heavy atom. The number of aliphatic hydroxyl groups excluding tert-OH is 1. The van der Waals surface area contributed by atoms with E-state index < -0.39 is 81.7 Å². The number of rotatable bonds is 3. The van der Waals surface area contributed by atoms with Gasteiger partial charge >= 0.3 is 5.97 Å². The lowest BCUT2D eigenvalue weighted by atomic mass is 9.44. The number of hydrogen-bond acceptors (Lipinski definition) is 6. The fourth-order valence-corrected chi connectivity index (χ4v) is 7.59. The van der Waals surface area contributed by atoms with Crippen molar-refractivity contribution < 1.29 is 38.1 Å². The SMILES string of the molecule is C[C@@H]1C[C@@H]2[C@@H]3C[C@H](F)C4=CC(=O)C=C[C@]4(C)[C@@]3(F)[C@@H](O)C[C@]2(C)[C@@]1(O)C(=O)COC(=O)C(C)(C)C. The van der Waals surface area contributed by atoms with Gasteiger partial charge in [0.25, 0.3) is 0 Å². The smallest absolute Gasteiger partial charge is 0.311 e. The maximum absolute atomic E-state index is 17.1. The molecule has 0 aromatic rings. The Bertz CT molecular complexity index is 1030. The van der Waals surface area contributed by atoms with E-state index in [1.165, 1.54) is 19.1 Å². The number of carbonyl (C=O) groups excluding carboxylic acids is 3. The number of alkyl halides is 2. The Kier molecular flexibility index (Phi) is 5.81. The molecule has 4 rings (SSSR count). The predicted octanol–water partition coefficient (Wildman–Crippen LogP) is 3.44. The van der Waals surface area contributed by atoms with Gasteiger partial charge in [0.1, 0.15) is 11.8 Å². The first-order valence-corrected chi connectivity index (χ1v) is 12.3. The van der Waals surface area contributed by atoms with E-state index in [0.717, 1.165) is 6.08 Å². The molecule has 6 nitrogen and oxygen atoms in total. The number of hydrogen-bond donors (Lipinski definition) is 2. The van der Waals surface area contributed by atoms with E-state index in [2.05, 4.69) is 0 Å². The van der Waals surface area contributed by atoms with Gasteiger partial charge in [-0.25, -0.2) is 8.78 Å². The number of aliphatic hydroxyl groups is 2. The first-order chi connectivity index (χ1) is 15.9. The molecule has 0 amide bonds. The standard InChI is InChI=1S/C27H36F2O6/c1-14-9-16-17-11-19(28)18-10-15(30)7-8-24(18,5)26(17,29)20(31)12-25(16,6)27(14,34)21(32)13-35-22(33)23(2,3)4/h7-8,10,14,16-17,19-20,31,34H,9,11-13H2,1-6H3/t14-,16-,17+,19+,20+,24+,25+,26+,27+/m1/s1. The molecule has 3 saturated carbocycles. The highest BCUT2D eigenvalue weighted by Crippen LogP contribution is 2.70. The van der Waals surface area contributed by atoms with Gasteiger partial charge in [0.2, 0.25) is 5.78 Å². The molecular weight excluding hydrogens is 458 g/mol. The molecule has 0 saturated heterocycles. The number of esters is 1. The molecule has 0 aliphatic heterocycles. The molecule has 4 aliphatic carbocycles. The van der Waals surface area contributed by atoms with Crippen LogP contribution in [0.5, 0.6) is 0 Å². The second-order valence-corrected chi connectivity index (χ2v) is 12.5. The predicted molar refractivity (Wildman–Crippen MR) is 124 cm³/mol. The summed E-state index contributed by atoms with van der Waals surface area (Å²) in [5, 5.41) is 23.2. The highest BCUT2D eigenvalue weighted by atomic mass is 19.1. The molecule has 2 N–H and O–H groups in total. The number of ketones is 2. The summed E-state index contributed by atoms with van der Waals surface area (Å²) in [6, 6.07) is 0. The molecule has 8 heteroatoms. The fraction of sp³-hybridized carbons (Fsp3) is 0.741. The van der Waals surface area contributed by atoms with E-state index in [1.54, 1.807) is 34.6 Å². The maximum atomic E-state index is 17.1. The van der Waals surface area contributed by atoms with Crippen LogP contribution in [0, 0.1) is 34.0 Å². The topological polar surface area (TPSA) is 101 Å². The highest BCUT2D eigenvalue weighted by molar-refractivity contribution is 6.01. The molecule has 9 atom stereocenters. The van der Waals surface area contributed by atoms with E-state index in [1.807, 2.05) is 0 Å². The van der Waals surface area contributed by atoms with Gasteiger partial charge in [0.15, 0.2) is 18.1 Å². The number of Topliss-reactive ketones (excluding diaryl/α,β-unsaturated/α-hetero) is 1. The number of halogens is 2. The van der Waals surface area contributed by atoms with E-state index in [-0.39, 0.29) is 24.8 Å². The van der Waals surface area contributed by atoms with Gasteiger partial charge in [0.05, 0.1) is 11.5 Å². The van der Waals surface area contributed by atoms with Gasteiger partial charge < -0.3 is 14.9 Å². The van der Waals surface area contributed by atoms with Crippen LogP contribution in [0.2, 0.25) is 0 Å². The summed E-state index contributed by atoms with van der Waals surface area (Å²) in [5.41, 5.74) is -7.87. The van der Waals surface area contributed by atoms with Crippen molar-refractivity contribution in [1.29, 1.82) is 0 Å². The minimum Gasteiger partial charge on any atom is -0.457 e. The van der Waals surface area contributed by atoms with Crippen LogP contribution in [0.3, 0.4) is 0 Å². The van der Waals surface area contributed by atoms with Crippen LogP contribution in [0.1, 0.15) is 60.8 Å². The molecule has 0 aromatic heterocycles. The van der Waals surface area contributed by atoms with Crippen molar-refractivity contribution in [3.63, 3.8) is 0 Å². The molecule has 0 unspecified atom stereocenters. The minimum atomic E-state index is -2.28. The van der Waals surface area contributed by atoms with Crippen LogP contribution in [0.15, 0.2) is 23.8 Å². The van der Waals surface area contributed by atoms with E-state index in [9.17, 15) is 24.6 Å². The van der Waals surface area contributed by atoms with Crippen molar-refractivity contribution in [2.75, 3.05) is 6.61 Å². The summed E-state index contributed by atoms with van der Waals surface area (Å²) < 4.78 is 37.8. The molecule has 0 radical (unpaired) electrons. The third-order valence-corrected chi connectivity index (χ3v) is 9.58. The number of ether oxygens (including phenoxy) is 1. The van der Waals surface area contributed by atoms with Crippen molar-refractivity contribution >= 4 is 17.5 Å². The lowest BCUT2D eigenvalue weighted by Crippen LogP contribution is -2.70. The van der Waals surface area contributed by atoms with Crippen molar-refractivity contribution in [1.82, 2.24) is 0 Å². The Morgan fingerprint density at radius 1 is 1.20 bits per heavy atom. The van der Waals surface area contributed by atoms with Crippen molar-refractivity contribution in [2.24, 2.45) is 34.0 Å². The van der Waals surface area contributed by atoms with Gasteiger partial charge in [0, 0.05) is 16.7 Å². The largest absolute Gasteiger partial charge is 0.457 e. The van der Waals surface area contributed by atoms with Gasteiger partial charge in [-0.05, 0) is 76.5 Å². The summed E-state index contributed by atoms with van der Waals surface area (Å²) in [6.45, 7) is 9.15. The lowest BCUT2D eigenvalue weighted by molar-refractivity contribution is -0.224. The summed E-state index contributed by atoms with van der Waals surface area (Å²) >= 11 is 0. The molecule has 0 spiro atoms. The number of allylic oxidation sites excluding steroid dienone is 4. The van der Waals surface area contributed by atoms with Gasteiger partial charge in [-0.2, -0.15) is 0 Å². The van der Waals surface area contributed by atoms with E-state index >= 15 is 8.78 Å². The van der Waals surface area contributed by atoms with Crippen LogP contribution in [0.4, 0.5) is 8.78 Å². The van der Waals surface area contributed by atoms with Gasteiger partial charge in [-0.3, -0.25) is 14.4 Å². The number of fused-ring (bicyclic) bond motifs is 5. The normalized spacial score (nSPS) is 46.9. The average molecular weight is 495 g/mol. The average Bonchev–Trinajstić information content (AvgIpc) is 2.96. The molecule has 0 heterocycles. The van der Waals surface area contributed by atoms with Gasteiger partial charge in [-0.15, -0.1) is 0 Å². The second-order valence-electron chi connectivity index (χ2n) is 12.5. The zero-order chi connectivity index (χ0) is 26.4. The molecular formula is C27H36F2O6. The lowest BCUT2D eigenvalue weighted by Gasteiger charge is -2.63. The van der Waals surface area contributed by atoms with Crippen LogP contribution in [-0.2, 0) is 19.1 Å². The maximum Gasteiger partial charge on any atom is 0.311 e. The third kappa shape index (κ3) is 3.28. The van der Waals surface area contributed by atoms with Crippen molar-refractivity contribution in [3.05, 3.63) is 23.8 Å². The molecule has 35 heavy (non-hydrogen) atoms. The Labute approximate surface area is 204 Å². The summed E-state index contributed by atoms with van der Waals surface area (Å²) in [4.78, 5) is 37.5. The zero-order valence-corrected chi connectivity index (χ0v) is 21.2. The van der Waals surface area contributed by atoms with E-state index in [4.69, 9.17) is 4.74 Å². The molecule has 4 aliphatic rings. The summed E-state index contributed by atoms with van der Waals surface area (Å²) in [6.07, 6.45) is 0.249. The van der Waals surface area contributed by atoms with Crippen LogP contribution < -0.4 is 0 Å². The third-order valence-electron chi connectivity index (χ3n) is 9.58. The molecule has 3 fully saturated rings.